The van der Waals surface area contributed by atoms with Crippen LogP contribution in [0.3, 0.4) is 0 Å². The number of thiocarbonyl (C=S) groups is 1. The lowest BCUT2D eigenvalue weighted by Gasteiger charge is -2.36. The topological polar surface area (TPSA) is 64.7 Å². The molecule has 1 aliphatic heterocycles. The van der Waals surface area contributed by atoms with Crippen LogP contribution in [0.4, 0.5) is 11.4 Å². The van der Waals surface area contributed by atoms with Crippen molar-refractivity contribution < 1.29 is 9.59 Å². The van der Waals surface area contributed by atoms with Crippen molar-refractivity contribution in [3.8, 4) is 0 Å². The highest BCUT2D eigenvalue weighted by Crippen LogP contribution is 2.36. The molecule has 0 spiro atoms. The fraction of sp³-hybridized carbons (Fsp3) is 0.292. The summed E-state index contributed by atoms with van der Waals surface area (Å²) in [6.45, 7) is 4.81. The van der Waals surface area contributed by atoms with E-state index in [1.54, 1.807) is 24.3 Å². The van der Waals surface area contributed by atoms with E-state index in [1.807, 2.05) is 24.0 Å². The quantitative estimate of drug-likeness (QED) is 0.346. The maximum Gasteiger partial charge on any atom is 0.269 e. The Morgan fingerprint density at radius 1 is 1.06 bits per heavy atom. The molecule has 1 saturated heterocycles. The molecule has 0 bridgehead atoms. The minimum Gasteiger partial charge on any atom is -0.367 e. The minimum atomic E-state index is -0.400. The van der Waals surface area contributed by atoms with E-state index in [4.69, 9.17) is 47.0 Å². The van der Waals surface area contributed by atoms with Crippen LogP contribution in [0.1, 0.15) is 29.4 Å². The Labute approximate surface area is 228 Å². The van der Waals surface area contributed by atoms with Gasteiger partial charge in [0.25, 0.3) is 5.91 Å². The van der Waals surface area contributed by atoms with Gasteiger partial charge in [-0.25, -0.2) is 0 Å². The molecule has 1 fully saturated rings. The average Bonchev–Trinajstić information content (AvgIpc) is 3.15. The SMILES string of the molecule is CCCC(=O)N1CCN(c2ccc(NC(=S)NC(=O)c3sc4cc(Cl)ccc4c3Cl)cc2Cl)CC1. The predicted molar refractivity (Wildman–Crippen MR) is 151 cm³/mol. The van der Waals surface area contributed by atoms with E-state index >= 15 is 0 Å². The van der Waals surface area contributed by atoms with Crippen LogP contribution in [-0.2, 0) is 4.79 Å². The first-order valence-electron chi connectivity index (χ1n) is 11.1. The van der Waals surface area contributed by atoms with Gasteiger partial charge in [0.1, 0.15) is 4.88 Å². The van der Waals surface area contributed by atoms with Crippen molar-refractivity contribution >= 4 is 96.7 Å². The summed E-state index contributed by atoms with van der Waals surface area (Å²) in [5.41, 5.74) is 1.54. The number of nitrogens with zero attached hydrogens (tertiary/aromatic N) is 2. The highest BCUT2D eigenvalue weighted by molar-refractivity contribution is 7.80. The summed E-state index contributed by atoms with van der Waals surface area (Å²) in [7, 11) is 0. The third-order valence-corrected chi connectivity index (χ3v) is 8.07. The van der Waals surface area contributed by atoms with E-state index in [0.717, 1.165) is 35.3 Å². The van der Waals surface area contributed by atoms with Crippen LogP contribution in [0.15, 0.2) is 36.4 Å². The Balaban J connectivity index is 1.36. The van der Waals surface area contributed by atoms with Gasteiger partial charge in [0, 0.05) is 53.4 Å². The lowest BCUT2D eigenvalue weighted by Crippen LogP contribution is -2.48. The number of piperazine rings is 1. The number of halogens is 3. The van der Waals surface area contributed by atoms with Crippen molar-refractivity contribution in [2.45, 2.75) is 19.8 Å². The number of amides is 2. The summed E-state index contributed by atoms with van der Waals surface area (Å²) in [5.74, 6) is -0.197. The predicted octanol–water partition coefficient (Wildman–Crippen LogP) is 6.44. The summed E-state index contributed by atoms with van der Waals surface area (Å²) in [4.78, 5) is 29.3. The molecule has 184 valence electrons. The standard InChI is InChI=1S/C24H23Cl3N4O2S2/c1-2-3-20(32)31-10-8-30(9-11-31)18-7-5-15(13-17(18)26)28-24(34)29-23(33)22-21(27)16-6-4-14(25)12-19(16)35-22/h4-7,12-13H,2-3,8-11H2,1H3,(H2,28,29,33,34). The molecule has 1 aliphatic rings. The first-order chi connectivity index (χ1) is 16.8. The molecular formula is C24H23Cl3N4O2S2. The third kappa shape index (κ3) is 6.01. The summed E-state index contributed by atoms with van der Waals surface area (Å²) in [6, 6.07) is 10.8. The zero-order valence-corrected chi connectivity index (χ0v) is 22.8. The lowest BCUT2D eigenvalue weighted by molar-refractivity contribution is -0.131. The molecule has 4 rings (SSSR count). The van der Waals surface area contributed by atoms with Gasteiger partial charge in [0.15, 0.2) is 5.11 Å². The van der Waals surface area contributed by atoms with Crippen LogP contribution in [0, 0.1) is 0 Å². The van der Waals surface area contributed by atoms with Gasteiger partial charge in [0.2, 0.25) is 5.91 Å². The van der Waals surface area contributed by atoms with Crippen molar-refractivity contribution in [3.05, 3.63) is 56.3 Å². The van der Waals surface area contributed by atoms with Gasteiger partial charge in [-0.3, -0.25) is 14.9 Å². The first-order valence-corrected chi connectivity index (χ1v) is 13.4. The Bertz CT molecular complexity index is 1290. The number of carbonyl (C=O) groups excluding carboxylic acids is 2. The minimum absolute atomic E-state index is 0.133. The lowest BCUT2D eigenvalue weighted by atomic mass is 10.2. The molecule has 0 aliphatic carbocycles. The summed E-state index contributed by atoms with van der Waals surface area (Å²) in [5, 5.41) is 8.06. The maximum atomic E-state index is 12.8. The van der Waals surface area contributed by atoms with E-state index in [0.29, 0.717) is 45.1 Å². The van der Waals surface area contributed by atoms with Crippen molar-refractivity contribution in [2.24, 2.45) is 0 Å². The van der Waals surface area contributed by atoms with Crippen molar-refractivity contribution in [1.82, 2.24) is 10.2 Å². The molecule has 11 heteroatoms. The van der Waals surface area contributed by atoms with Crippen LogP contribution in [0.5, 0.6) is 0 Å². The molecule has 6 nitrogen and oxygen atoms in total. The molecule has 0 saturated carbocycles. The van der Waals surface area contributed by atoms with Crippen molar-refractivity contribution in [3.63, 3.8) is 0 Å². The summed E-state index contributed by atoms with van der Waals surface area (Å²) >= 11 is 25.6. The number of carbonyl (C=O) groups is 2. The normalized spacial score (nSPS) is 13.7. The second-order valence-corrected chi connectivity index (χ2v) is 10.8. The van der Waals surface area contributed by atoms with Gasteiger partial charge >= 0.3 is 0 Å². The molecule has 3 aromatic rings. The Kier molecular flexibility index (Phi) is 8.39. The number of anilines is 2. The molecule has 0 radical (unpaired) electrons. The fourth-order valence-electron chi connectivity index (χ4n) is 3.92. The van der Waals surface area contributed by atoms with Crippen LogP contribution in [0.2, 0.25) is 15.1 Å². The third-order valence-electron chi connectivity index (χ3n) is 5.67. The van der Waals surface area contributed by atoms with E-state index in [-0.39, 0.29) is 11.0 Å². The number of hydrogen-bond acceptors (Lipinski definition) is 5. The fourth-order valence-corrected chi connectivity index (χ4v) is 6.12. The molecule has 35 heavy (non-hydrogen) atoms. The first kappa shape index (κ1) is 26.0. The number of nitrogens with one attached hydrogen (secondary N) is 2. The van der Waals surface area contributed by atoms with Crippen LogP contribution in [-0.4, -0.2) is 48.0 Å². The van der Waals surface area contributed by atoms with Crippen LogP contribution >= 0.6 is 58.4 Å². The van der Waals surface area contributed by atoms with Crippen LogP contribution in [0.25, 0.3) is 10.1 Å². The van der Waals surface area contributed by atoms with Gasteiger partial charge in [0.05, 0.1) is 15.7 Å². The second-order valence-electron chi connectivity index (χ2n) is 8.08. The maximum absolute atomic E-state index is 12.8. The molecule has 2 N–H and O–H groups in total. The highest BCUT2D eigenvalue weighted by atomic mass is 35.5. The van der Waals surface area contributed by atoms with E-state index in [2.05, 4.69) is 15.5 Å². The Morgan fingerprint density at radius 2 is 1.80 bits per heavy atom. The van der Waals surface area contributed by atoms with Gasteiger partial charge in [-0.15, -0.1) is 11.3 Å². The Hall–Kier alpha value is -2.10. The van der Waals surface area contributed by atoms with Gasteiger partial charge in [-0.1, -0.05) is 47.8 Å². The van der Waals surface area contributed by atoms with E-state index in [1.165, 1.54) is 11.3 Å². The van der Waals surface area contributed by atoms with E-state index < -0.39 is 5.91 Å². The van der Waals surface area contributed by atoms with Gasteiger partial charge in [-0.05, 0) is 49.0 Å². The van der Waals surface area contributed by atoms with Gasteiger partial charge < -0.3 is 15.1 Å². The second kappa shape index (κ2) is 11.3. The zero-order chi connectivity index (χ0) is 25.1. The molecule has 2 amide bonds. The molecule has 0 unspecified atom stereocenters. The number of rotatable bonds is 5. The highest BCUT2D eigenvalue weighted by Gasteiger charge is 2.22. The number of fused-ring (bicyclic) bond motifs is 1. The zero-order valence-electron chi connectivity index (χ0n) is 18.9. The molecule has 0 atom stereocenters. The van der Waals surface area contributed by atoms with Gasteiger partial charge in [-0.2, -0.15) is 0 Å². The molecule has 2 aromatic carbocycles. The van der Waals surface area contributed by atoms with Crippen molar-refractivity contribution in [2.75, 3.05) is 36.4 Å². The van der Waals surface area contributed by atoms with Crippen LogP contribution < -0.4 is 15.5 Å². The largest absolute Gasteiger partial charge is 0.367 e. The molecule has 1 aromatic heterocycles. The van der Waals surface area contributed by atoms with E-state index in [9.17, 15) is 9.59 Å². The Morgan fingerprint density at radius 3 is 2.49 bits per heavy atom. The number of thiophene rings is 1. The molecule has 2 heterocycles. The number of benzene rings is 2. The summed E-state index contributed by atoms with van der Waals surface area (Å²) < 4.78 is 0.824. The average molecular weight is 570 g/mol. The number of hydrogen-bond donors (Lipinski definition) is 2. The smallest absolute Gasteiger partial charge is 0.269 e. The summed E-state index contributed by atoms with van der Waals surface area (Å²) in [6.07, 6.45) is 1.44. The molecular weight excluding hydrogens is 547 g/mol. The van der Waals surface area contributed by atoms with Crippen molar-refractivity contribution in [1.29, 1.82) is 0 Å². The monoisotopic (exact) mass is 568 g/mol.